The van der Waals surface area contributed by atoms with Crippen LogP contribution in [0.25, 0.3) is 0 Å². The second-order valence-electron chi connectivity index (χ2n) is 3.20. The summed E-state index contributed by atoms with van der Waals surface area (Å²) in [6.45, 7) is 0.377. The third-order valence-electron chi connectivity index (χ3n) is 2.02. The van der Waals surface area contributed by atoms with E-state index >= 15 is 0 Å². The summed E-state index contributed by atoms with van der Waals surface area (Å²) in [6, 6.07) is 4.96. The van der Waals surface area contributed by atoms with Crippen molar-refractivity contribution in [3.63, 3.8) is 0 Å². The summed E-state index contributed by atoms with van der Waals surface area (Å²) in [5.74, 6) is -0.254. The summed E-state index contributed by atoms with van der Waals surface area (Å²) in [5.41, 5.74) is 0.582. The molecule has 0 aliphatic heterocycles. The smallest absolute Gasteiger partial charge is 0.141 e. The number of halogens is 4. The number of aromatic nitrogens is 2. The highest BCUT2D eigenvalue weighted by molar-refractivity contribution is 14.1. The predicted octanol–water partition coefficient (Wildman–Crippen LogP) is 4.09. The number of hydrogen-bond acceptors (Lipinski definition) is 1. The van der Waals surface area contributed by atoms with Gasteiger partial charge in [0.1, 0.15) is 9.52 Å². The molecule has 0 atom stereocenters. The zero-order valence-corrected chi connectivity index (χ0v) is 12.4. The molecule has 1 aromatic carbocycles. The average Bonchev–Trinajstić information content (AvgIpc) is 2.51. The molecular formula is C10H6BrClFIN2. The van der Waals surface area contributed by atoms with Gasteiger partial charge in [-0.1, -0.05) is 33.6 Å². The second kappa shape index (κ2) is 5.01. The number of hydrogen-bond donors (Lipinski definition) is 0. The summed E-state index contributed by atoms with van der Waals surface area (Å²) in [5, 5.41) is 4.74. The first-order valence-corrected chi connectivity index (χ1v) is 6.63. The monoisotopic (exact) mass is 414 g/mol. The molecule has 0 aliphatic rings. The van der Waals surface area contributed by atoms with Gasteiger partial charge >= 0.3 is 0 Å². The van der Waals surface area contributed by atoms with Crippen molar-refractivity contribution in [2.45, 2.75) is 6.54 Å². The van der Waals surface area contributed by atoms with Crippen LogP contribution in [0.4, 0.5) is 4.39 Å². The van der Waals surface area contributed by atoms with Gasteiger partial charge in [0.25, 0.3) is 0 Å². The van der Waals surface area contributed by atoms with Gasteiger partial charge in [-0.3, -0.25) is 4.68 Å². The maximum absolute atomic E-state index is 13.5. The lowest BCUT2D eigenvalue weighted by Crippen LogP contribution is -2.02. The molecule has 6 heteroatoms. The van der Waals surface area contributed by atoms with Crippen molar-refractivity contribution < 1.29 is 4.39 Å². The fraction of sp³-hybridized carbons (Fsp3) is 0.100. The van der Waals surface area contributed by atoms with Crippen LogP contribution in [0.2, 0.25) is 5.02 Å². The van der Waals surface area contributed by atoms with Gasteiger partial charge in [-0.2, -0.15) is 5.10 Å². The van der Waals surface area contributed by atoms with E-state index in [-0.39, 0.29) is 5.82 Å². The first-order chi connectivity index (χ1) is 7.56. The Labute approximate surface area is 119 Å². The highest BCUT2D eigenvalue weighted by atomic mass is 127. The van der Waals surface area contributed by atoms with Crippen LogP contribution in [0.1, 0.15) is 5.56 Å². The molecule has 0 saturated heterocycles. The molecule has 0 spiro atoms. The molecule has 0 radical (unpaired) electrons. The highest BCUT2D eigenvalue weighted by Crippen LogP contribution is 2.19. The van der Waals surface area contributed by atoms with Gasteiger partial charge in [-0.05, 0) is 34.7 Å². The van der Waals surface area contributed by atoms with Crippen molar-refractivity contribution in [3.8, 4) is 0 Å². The second-order valence-corrected chi connectivity index (χ2v) is 5.55. The normalized spacial score (nSPS) is 10.8. The molecule has 1 aromatic heterocycles. The van der Waals surface area contributed by atoms with Gasteiger partial charge in [0.2, 0.25) is 0 Å². The molecule has 2 nitrogen and oxygen atoms in total. The summed E-state index contributed by atoms with van der Waals surface area (Å²) >= 11 is 11.1. The Morgan fingerprint density at radius 3 is 2.81 bits per heavy atom. The Morgan fingerprint density at radius 2 is 2.25 bits per heavy atom. The molecule has 2 rings (SSSR count). The van der Waals surface area contributed by atoms with Crippen LogP contribution in [0.5, 0.6) is 0 Å². The summed E-state index contributed by atoms with van der Waals surface area (Å²) in [4.78, 5) is 0. The molecule has 0 aliphatic carbocycles. The lowest BCUT2D eigenvalue weighted by atomic mass is 10.2. The van der Waals surface area contributed by atoms with E-state index in [2.05, 4.69) is 21.0 Å². The molecular weight excluding hydrogens is 409 g/mol. The SMILES string of the molecule is Fc1cc(Br)ccc1Cn1cc(Cl)c(I)n1. The van der Waals surface area contributed by atoms with Crippen LogP contribution < -0.4 is 0 Å². The molecule has 0 bridgehead atoms. The third-order valence-corrected chi connectivity index (χ3v) is 3.91. The Hall–Kier alpha value is -0.140. The Bertz CT molecular complexity index is 510. The van der Waals surface area contributed by atoms with E-state index in [1.54, 1.807) is 23.0 Å². The molecule has 0 saturated carbocycles. The van der Waals surface area contributed by atoms with E-state index < -0.39 is 0 Å². The van der Waals surface area contributed by atoms with Crippen LogP contribution in [0.3, 0.4) is 0 Å². The van der Waals surface area contributed by atoms with E-state index in [1.165, 1.54) is 6.07 Å². The quantitative estimate of drug-likeness (QED) is 0.676. The van der Waals surface area contributed by atoms with Gasteiger partial charge in [0.05, 0.1) is 11.6 Å². The van der Waals surface area contributed by atoms with Crippen LogP contribution in [-0.2, 0) is 6.54 Å². The van der Waals surface area contributed by atoms with Crippen molar-refractivity contribution in [1.29, 1.82) is 0 Å². The molecule has 2 aromatic rings. The number of nitrogens with zero attached hydrogens (tertiary/aromatic N) is 2. The molecule has 0 unspecified atom stereocenters. The van der Waals surface area contributed by atoms with Crippen molar-refractivity contribution in [2.24, 2.45) is 0 Å². The van der Waals surface area contributed by atoms with Crippen LogP contribution in [0, 0.1) is 9.52 Å². The van der Waals surface area contributed by atoms with Crippen LogP contribution in [-0.4, -0.2) is 9.78 Å². The summed E-state index contributed by atoms with van der Waals surface area (Å²) in [7, 11) is 0. The molecule has 84 valence electrons. The zero-order chi connectivity index (χ0) is 11.7. The summed E-state index contributed by atoms with van der Waals surface area (Å²) in [6.07, 6.45) is 1.69. The average molecular weight is 415 g/mol. The van der Waals surface area contributed by atoms with Gasteiger partial charge < -0.3 is 0 Å². The Morgan fingerprint density at radius 1 is 1.50 bits per heavy atom. The Kier molecular flexibility index (Phi) is 3.86. The third kappa shape index (κ3) is 2.75. The van der Waals surface area contributed by atoms with Gasteiger partial charge in [-0.25, -0.2) is 4.39 Å². The van der Waals surface area contributed by atoms with Gasteiger partial charge in [0.15, 0.2) is 0 Å². The first kappa shape index (κ1) is 12.3. The standard InChI is InChI=1S/C10H6BrClFIN2/c11-7-2-1-6(9(13)3-7)4-16-5-8(12)10(14)15-16/h1-3,5H,4H2. The number of benzene rings is 1. The molecule has 1 heterocycles. The van der Waals surface area contributed by atoms with Crippen molar-refractivity contribution >= 4 is 50.1 Å². The van der Waals surface area contributed by atoms with E-state index in [1.807, 2.05) is 22.6 Å². The molecule has 0 N–H and O–H groups in total. The molecule has 16 heavy (non-hydrogen) atoms. The predicted molar refractivity (Wildman–Crippen MR) is 73.2 cm³/mol. The summed E-state index contributed by atoms with van der Waals surface area (Å²) < 4.78 is 16.6. The van der Waals surface area contributed by atoms with E-state index in [0.717, 1.165) is 8.17 Å². The molecule has 0 amide bonds. The van der Waals surface area contributed by atoms with Crippen molar-refractivity contribution in [2.75, 3.05) is 0 Å². The lowest BCUT2D eigenvalue weighted by molar-refractivity contribution is 0.583. The highest BCUT2D eigenvalue weighted by Gasteiger charge is 2.07. The van der Waals surface area contributed by atoms with Crippen LogP contribution in [0.15, 0.2) is 28.9 Å². The Balaban J connectivity index is 2.27. The largest absolute Gasteiger partial charge is 0.266 e. The van der Waals surface area contributed by atoms with E-state index in [9.17, 15) is 4.39 Å². The maximum atomic E-state index is 13.5. The van der Waals surface area contributed by atoms with Crippen molar-refractivity contribution in [1.82, 2.24) is 9.78 Å². The maximum Gasteiger partial charge on any atom is 0.141 e. The van der Waals surface area contributed by atoms with E-state index in [4.69, 9.17) is 11.6 Å². The van der Waals surface area contributed by atoms with Crippen LogP contribution >= 0.6 is 50.1 Å². The van der Waals surface area contributed by atoms with Gasteiger partial charge in [0, 0.05) is 16.2 Å². The molecule has 0 fully saturated rings. The first-order valence-electron chi connectivity index (χ1n) is 4.38. The van der Waals surface area contributed by atoms with Gasteiger partial charge in [-0.15, -0.1) is 0 Å². The zero-order valence-electron chi connectivity index (χ0n) is 7.92. The minimum atomic E-state index is -0.254. The topological polar surface area (TPSA) is 17.8 Å². The minimum Gasteiger partial charge on any atom is -0.266 e. The lowest BCUT2D eigenvalue weighted by Gasteiger charge is -2.03. The van der Waals surface area contributed by atoms with Crippen molar-refractivity contribution in [3.05, 3.63) is 49.0 Å². The minimum absolute atomic E-state index is 0.254. The fourth-order valence-electron chi connectivity index (χ4n) is 1.28. The fourth-order valence-corrected chi connectivity index (χ4v) is 2.18. The van der Waals surface area contributed by atoms with E-state index in [0.29, 0.717) is 17.1 Å². The number of rotatable bonds is 2.